The molecule has 32 heavy (non-hydrogen) atoms. The number of hydrogen-bond acceptors (Lipinski definition) is 6. The molecule has 0 aliphatic carbocycles. The lowest BCUT2D eigenvalue weighted by Gasteiger charge is -2.26. The molecule has 3 atom stereocenters. The Morgan fingerprint density at radius 2 is 1.50 bits per heavy atom. The molecule has 0 saturated carbocycles. The summed E-state index contributed by atoms with van der Waals surface area (Å²) in [6.45, 7) is 14.9. The molecule has 9 heteroatoms. The zero-order valence-electron chi connectivity index (χ0n) is 21.1. The van der Waals surface area contributed by atoms with Crippen molar-refractivity contribution in [3.63, 3.8) is 0 Å². The quantitative estimate of drug-likeness (QED) is 0.333. The fourth-order valence-corrected chi connectivity index (χ4v) is 2.96. The third-order valence-electron chi connectivity index (χ3n) is 4.44. The molecule has 0 unspecified atom stereocenters. The minimum Gasteiger partial charge on any atom is -0.481 e. The number of aliphatic hydroxyl groups excluding tert-OH is 1. The van der Waals surface area contributed by atoms with E-state index in [0.717, 1.165) is 0 Å². The summed E-state index contributed by atoms with van der Waals surface area (Å²) in [5.74, 6) is -0.464. The van der Waals surface area contributed by atoms with Gasteiger partial charge in [-0.25, -0.2) is 4.79 Å². The lowest BCUT2D eigenvalue weighted by Crippen LogP contribution is -2.46. The van der Waals surface area contributed by atoms with E-state index in [0.29, 0.717) is 12.3 Å². The van der Waals surface area contributed by atoms with Crippen LogP contribution in [0.4, 0.5) is 4.79 Å². The van der Waals surface area contributed by atoms with E-state index in [1.807, 2.05) is 27.7 Å². The Hall–Kier alpha value is -2.45. The van der Waals surface area contributed by atoms with E-state index in [1.54, 1.807) is 27.7 Å². The van der Waals surface area contributed by atoms with Crippen LogP contribution >= 0.6 is 0 Å². The summed E-state index contributed by atoms with van der Waals surface area (Å²) >= 11 is 0. The maximum absolute atomic E-state index is 12.5. The zero-order valence-corrected chi connectivity index (χ0v) is 21.1. The highest BCUT2D eigenvalue weighted by atomic mass is 16.6. The normalized spacial score (nSPS) is 15.0. The molecule has 0 rings (SSSR count). The standard InChI is InChI=1S/C23H43N3O6/c1-14(2)10-17(12-21(29)31-9)25-19(27)11-16(5)24-20(28)13-18(15(3)4)26-22(30)32-23(6,7)8/h12,14-18,29H,10-11,13H2,1-9H3,(H,24,28)(H,25,27)(H,26,30)/b21-12-/t16-,17-,18+/m0/s1. The van der Waals surface area contributed by atoms with Crippen LogP contribution < -0.4 is 16.0 Å². The molecular formula is C23H43N3O6. The minimum atomic E-state index is -0.627. The largest absolute Gasteiger partial charge is 0.481 e. The van der Waals surface area contributed by atoms with Crippen molar-refractivity contribution in [1.82, 2.24) is 16.0 Å². The van der Waals surface area contributed by atoms with Gasteiger partial charge < -0.3 is 30.5 Å². The number of rotatable bonds is 12. The Balaban J connectivity index is 4.77. The molecule has 3 amide bonds. The predicted octanol–water partition coefficient (Wildman–Crippen LogP) is 3.40. The van der Waals surface area contributed by atoms with Crippen LogP contribution in [0.3, 0.4) is 0 Å². The summed E-state index contributed by atoms with van der Waals surface area (Å²) in [6.07, 6.45) is 1.67. The summed E-state index contributed by atoms with van der Waals surface area (Å²) in [7, 11) is 1.35. The molecule has 0 aliphatic heterocycles. The Morgan fingerprint density at radius 1 is 0.938 bits per heavy atom. The molecule has 0 fully saturated rings. The second-order valence-electron chi connectivity index (χ2n) is 9.89. The number of nitrogens with one attached hydrogen (secondary N) is 3. The average molecular weight is 458 g/mol. The van der Waals surface area contributed by atoms with Crippen LogP contribution in [-0.2, 0) is 19.1 Å². The molecule has 4 N–H and O–H groups in total. The van der Waals surface area contributed by atoms with E-state index in [9.17, 15) is 19.5 Å². The maximum Gasteiger partial charge on any atom is 0.407 e. The highest BCUT2D eigenvalue weighted by Gasteiger charge is 2.24. The molecule has 0 spiro atoms. The van der Waals surface area contributed by atoms with E-state index in [-0.39, 0.29) is 42.6 Å². The minimum absolute atomic E-state index is 0.0175. The number of ether oxygens (including phenoxy) is 2. The predicted molar refractivity (Wildman–Crippen MR) is 124 cm³/mol. The van der Waals surface area contributed by atoms with Crippen LogP contribution in [0.2, 0.25) is 0 Å². The van der Waals surface area contributed by atoms with E-state index >= 15 is 0 Å². The second kappa shape index (κ2) is 13.9. The smallest absolute Gasteiger partial charge is 0.407 e. The van der Waals surface area contributed by atoms with Crippen molar-refractivity contribution in [2.45, 2.75) is 98.4 Å². The summed E-state index contributed by atoms with van der Waals surface area (Å²) in [6, 6.07) is -1.19. The topological polar surface area (TPSA) is 126 Å². The lowest BCUT2D eigenvalue weighted by atomic mass is 10.0. The summed E-state index contributed by atoms with van der Waals surface area (Å²) < 4.78 is 10.0. The fourth-order valence-electron chi connectivity index (χ4n) is 2.96. The van der Waals surface area contributed by atoms with Crippen molar-refractivity contribution in [1.29, 1.82) is 0 Å². The van der Waals surface area contributed by atoms with E-state index in [4.69, 9.17) is 9.47 Å². The Bertz CT molecular complexity index is 640. The number of methoxy groups -OCH3 is 1. The van der Waals surface area contributed by atoms with Crippen LogP contribution in [0.5, 0.6) is 0 Å². The first-order valence-electron chi connectivity index (χ1n) is 11.2. The van der Waals surface area contributed by atoms with Gasteiger partial charge in [0.1, 0.15) is 5.60 Å². The number of carbonyl (C=O) groups is 3. The molecule has 0 bridgehead atoms. The zero-order chi connectivity index (χ0) is 25.1. The molecule has 186 valence electrons. The van der Waals surface area contributed by atoms with Gasteiger partial charge >= 0.3 is 6.09 Å². The van der Waals surface area contributed by atoms with Gasteiger partial charge in [0.05, 0.1) is 13.2 Å². The lowest BCUT2D eigenvalue weighted by molar-refractivity contribution is -0.124. The molecule has 0 aromatic heterocycles. The van der Waals surface area contributed by atoms with Crippen molar-refractivity contribution < 1.29 is 29.0 Å². The second-order valence-corrected chi connectivity index (χ2v) is 9.89. The average Bonchev–Trinajstić information content (AvgIpc) is 2.57. The first-order valence-corrected chi connectivity index (χ1v) is 11.2. The maximum atomic E-state index is 12.5. The third-order valence-corrected chi connectivity index (χ3v) is 4.44. The first kappa shape index (κ1) is 29.5. The van der Waals surface area contributed by atoms with Gasteiger partial charge in [-0.1, -0.05) is 27.7 Å². The van der Waals surface area contributed by atoms with Crippen LogP contribution in [0.25, 0.3) is 0 Å². The first-order chi connectivity index (χ1) is 14.6. The Morgan fingerprint density at radius 3 is 1.97 bits per heavy atom. The molecule has 0 radical (unpaired) electrons. The Kier molecular flexibility index (Phi) is 12.8. The van der Waals surface area contributed by atoms with Gasteiger partial charge in [0.15, 0.2) is 0 Å². The van der Waals surface area contributed by atoms with Gasteiger partial charge in [-0.3, -0.25) is 9.59 Å². The highest BCUT2D eigenvalue weighted by molar-refractivity contribution is 5.80. The number of aliphatic hydroxyl groups is 1. The highest BCUT2D eigenvalue weighted by Crippen LogP contribution is 2.11. The summed E-state index contributed by atoms with van der Waals surface area (Å²) in [4.78, 5) is 36.9. The van der Waals surface area contributed by atoms with E-state index < -0.39 is 23.8 Å². The monoisotopic (exact) mass is 457 g/mol. The molecule has 0 aliphatic rings. The van der Waals surface area contributed by atoms with Crippen LogP contribution in [0.15, 0.2) is 12.0 Å². The van der Waals surface area contributed by atoms with Crippen LogP contribution in [0.1, 0.15) is 74.7 Å². The van der Waals surface area contributed by atoms with E-state index in [1.165, 1.54) is 13.2 Å². The van der Waals surface area contributed by atoms with Gasteiger partial charge in [-0.15, -0.1) is 0 Å². The number of alkyl carbamates (subject to hydrolysis) is 1. The number of amides is 3. The van der Waals surface area contributed by atoms with Gasteiger partial charge in [-0.05, 0) is 46.0 Å². The van der Waals surface area contributed by atoms with Gasteiger partial charge in [0, 0.05) is 31.0 Å². The molecule has 0 aromatic rings. The van der Waals surface area contributed by atoms with E-state index in [2.05, 4.69) is 16.0 Å². The van der Waals surface area contributed by atoms with Crippen molar-refractivity contribution >= 4 is 17.9 Å². The Labute approximate surface area is 192 Å². The van der Waals surface area contributed by atoms with Crippen molar-refractivity contribution in [3.8, 4) is 0 Å². The molecule has 0 saturated heterocycles. The third kappa shape index (κ3) is 14.5. The molecule has 9 nitrogen and oxygen atoms in total. The van der Waals surface area contributed by atoms with Gasteiger partial charge in [-0.2, -0.15) is 0 Å². The molecular weight excluding hydrogens is 414 g/mol. The van der Waals surface area contributed by atoms with Crippen molar-refractivity contribution in [2.24, 2.45) is 11.8 Å². The molecule has 0 aromatic carbocycles. The van der Waals surface area contributed by atoms with Crippen LogP contribution in [-0.4, -0.2) is 53.9 Å². The SMILES string of the molecule is CO/C(O)=C\[C@H](CC(C)C)NC(=O)C[C@H](C)NC(=O)C[C@@H](NC(=O)OC(C)(C)C)C(C)C. The number of carbonyl (C=O) groups excluding carboxylic acids is 3. The number of hydrogen-bond donors (Lipinski definition) is 4. The van der Waals surface area contributed by atoms with Gasteiger partial charge in [0.25, 0.3) is 5.95 Å². The summed E-state index contributed by atoms with van der Waals surface area (Å²) in [5.41, 5.74) is -0.627. The van der Waals surface area contributed by atoms with Crippen molar-refractivity contribution in [3.05, 3.63) is 12.0 Å². The van der Waals surface area contributed by atoms with Crippen molar-refractivity contribution in [2.75, 3.05) is 7.11 Å². The summed E-state index contributed by atoms with van der Waals surface area (Å²) in [5, 5.41) is 18.0. The molecule has 0 heterocycles. The fraction of sp³-hybridized carbons (Fsp3) is 0.783. The van der Waals surface area contributed by atoms with Gasteiger partial charge in [0.2, 0.25) is 11.8 Å². The van der Waals surface area contributed by atoms with Crippen LogP contribution in [0, 0.1) is 11.8 Å².